The first-order chi connectivity index (χ1) is 7.90. The summed E-state index contributed by atoms with van der Waals surface area (Å²) in [5.41, 5.74) is -1.13. The summed E-state index contributed by atoms with van der Waals surface area (Å²) in [7, 11) is 0. The summed E-state index contributed by atoms with van der Waals surface area (Å²) >= 11 is 0. The Balaban J connectivity index is 2.50. The first-order valence-electron chi connectivity index (χ1n) is 6.22. The van der Waals surface area contributed by atoms with E-state index in [0.717, 1.165) is 25.7 Å². The Morgan fingerprint density at radius 2 is 2.06 bits per heavy atom. The molecule has 1 saturated carbocycles. The molecular formula is C12H22N2O3. The maximum Gasteiger partial charge on any atom is 0.329 e. The molecule has 1 aliphatic carbocycles. The average molecular weight is 242 g/mol. The SMILES string of the molecule is CCCC(C)NC(=O)NC(C)(C(=O)O)C1CC1. The van der Waals surface area contributed by atoms with Crippen LogP contribution in [0, 0.1) is 5.92 Å². The molecule has 98 valence electrons. The van der Waals surface area contributed by atoms with Crippen molar-refractivity contribution in [1.82, 2.24) is 10.6 Å². The number of hydrogen-bond donors (Lipinski definition) is 3. The maximum atomic E-state index is 11.7. The predicted octanol–water partition coefficient (Wildman–Crippen LogP) is 1.73. The largest absolute Gasteiger partial charge is 0.480 e. The van der Waals surface area contributed by atoms with Gasteiger partial charge in [-0.1, -0.05) is 13.3 Å². The summed E-state index contributed by atoms with van der Waals surface area (Å²) in [6, 6.07) is -0.319. The molecule has 17 heavy (non-hydrogen) atoms. The number of aliphatic carboxylic acids is 1. The van der Waals surface area contributed by atoms with Gasteiger partial charge in [-0.05, 0) is 39.0 Å². The molecule has 5 nitrogen and oxygen atoms in total. The van der Waals surface area contributed by atoms with E-state index in [4.69, 9.17) is 0 Å². The van der Waals surface area contributed by atoms with Crippen LogP contribution in [-0.4, -0.2) is 28.7 Å². The first kappa shape index (κ1) is 13.8. The van der Waals surface area contributed by atoms with Crippen LogP contribution in [0.5, 0.6) is 0 Å². The van der Waals surface area contributed by atoms with Crippen molar-refractivity contribution in [3.05, 3.63) is 0 Å². The second kappa shape index (κ2) is 5.38. The number of hydrogen-bond acceptors (Lipinski definition) is 2. The second-order valence-corrected chi connectivity index (χ2v) is 5.07. The number of carbonyl (C=O) groups excluding carboxylic acids is 1. The minimum Gasteiger partial charge on any atom is -0.480 e. The number of nitrogens with one attached hydrogen (secondary N) is 2. The molecule has 1 rings (SSSR count). The van der Waals surface area contributed by atoms with Crippen molar-refractivity contribution in [1.29, 1.82) is 0 Å². The van der Waals surface area contributed by atoms with Crippen LogP contribution in [0.25, 0.3) is 0 Å². The summed E-state index contributed by atoms with van der Waals surface area (Å²) in [5, 5.41) is 14.5. The zero-order valence-electron chi connectivity index (χ0n) is 10.7. The van der Waals surface area contributed by atoms with E-state index in [2.05, 4.69) is 10.6 Å². The van der Waals surface area contributed by atoms with E-state index in [9.17, 15) is 14.7 Å². The van der Waals surface area contributed by atoms with Crippen molar-refractivity contribution in [2.24, 2.45) is 5.92 Å². The van der Waals surface area contributed by atoms with E-state index in [0.29, 0.717) is 0 Å². The van der Waals surface area contributed by atoms with E-state index < -0.39 is 11.5 Å². The smallest absolute Gasteiger partial charge is 0.329 e. The zero-order chi connectivity index (χ0) is 13.1. The third-order valence-corrected chi connectivity index (χ3v) is 3.31. The molecule has 1 fully saturated rings. The number of urea groups is 1. The third kappa shape index (κ3) is 3.61. The molecule has 0 aromatic carbocycles. The summed E-state index contributed by atoms with van der Waals surface area (Å²) in [4.78, 5) is 22.9. The minimum absolute atomic E-state index is 0.0623. The fourth-order valence-electron chi connectivity index (χ4n) is 1.99. The van der Waals surface area contributed by atoms with Gasteiger partial charge >= 0.3 is 12.0 Å². The fraction of sp³-hybridized carbons (Fsp3) is 0.833. The van der Waals surface area contributed by atoms with Gasteiger partial charge in [-0.25, -0.2) is 9.59 Å². The Hall–Kier alpha value is -1.26. The molecule has 5 heteroatoms. The number of carbonyl (C=O) groups is 2. The van der Waals surface area contributed by atoms with Crippen LogP contribution < -0.4 is 10.6 Å². The van der Waals surface area contributed by atoms with Gasteiger partial charge in [0.25, 0.3) is 0 Å². The van der Waals surface area contributed by atoms with Crippen molar-refractivity contribution >= 4 is 12.0 Å². The van der Waals surface area contributed by atoms with Gasteiger partial charge in [0, 0.05) is 6.04 Å². The Kier molecular flexibility index (Phi) is 4.37. The summed E-state index contributed by atoms with van der Waals surface area (Å²) in [6.07, 6.45) is 3.61. The van der Waals surface area contributed by atoms with E-state index in [-0.39, 0.29) is 18.0 Å². The highest BCUT2D eigenvalue weighted by molar-refractivity contribution is 5.86. The molecule has 0 radical (unpaired) electrons. The molecule has 3 N–H and O–H groups in total. The molecule has 1 aliphatic rings. The standard InChI is InChI=1S/C12H22N2O3/c1-4-5-8(2)13-11(17)14-12(3,10(15)16)9-6-7-9/h8-9H,4-7H2,1-3H3,(H,15,16)(H2,13,14,17). The lowest BCUT2D eigenvalue weighted by Crippen LogP contribution is -2.57. The molecule has 0 aliphatic heterocycles. The van der Waals surface area contributed by atoms with Gasteiger partial charge in [0.2, 0.25) is 0 Å². The highest BCUT2D eigenvalue weighted by Gasteiger charge is 2.48. The average Bonchev–Trinajstić information content (AvgIpc) is 2.99. The van der Waals surface area contributed by atoms with Gasteiger partial charge in [-0.3, -0.25) is 0 Å². The van der Waals surface area contributed by atoms with Crippen LogP contribution >= 0.6 is 0 Å². The van der Waals surface area contributed by atoms with Crippen molar-refractivity contribution < 1.29 is 14.7 Å². The number of carboxylic acid groups (broad SMARTS) is 1. The quantitative estimate of drug-likeness (QED) is 0.663. The van der Waals surface area contributed by atoms with Crippen LogP contribution in [-0.2, 0) is 4.79 Å². The molecule has 0 saturated heterocycles. The van der Waals surface area contributed by atoms with Crippen molar-refractivity contribution in [2.45, 2.75) is 58.0 Å². The fourth-order valence-corrected chi connectivity index (χ4v) is 1.99. The molecule has 2 unspecified atom stereocenters. The molecule has 2 amide bonds. The van der Waals surface area contributed by atoms with Crippen molar-refractivity contribution in [3.8, 4) is 0 Å². The van der Waals surface area contributed by atoms with Crippen molar-refractivity contribution in [2.75, 3.05) is 0 Å². The number of rotatable bonds is 6. The Morgan fingerprint density at radius 3 is 2.47 bits per heavy atom. The van der Waals surface area contributed by atoms with Gasteiger partial charge in [0.1, 0.15) is 5.54 Å². The minimum atomic E-state index is -1.13. The molecule has 0 bridgehead atoms. The third-order valence-electron chi connectivity index (χ3n) is 3.31. The molecule has 2 atom stereocenters. The molecule has 0 heterocycles. The van der Waals surface area contributed by atoms with Crippen LogP contribution in [0.15, 0.2) is 0 Å². The van der Waals surface area contributed by atoms with E-state index >= 15 is 0 Å². The van der Waals surface area contributed by atoms with Gasteiger partial charge in [0.05, 0.1) is 0 Å². The Bertz CT molecular complexity index is 302. The highest BCUT2D eigenvalue weighted by Crippen LogP contribution is 2.39. The number of carboxylic acids is 1. The molecule has 0 aromatic heterocycles. The van der Waals surface area contributed by atoms with E-state index in [1.54, 1.807) is 6.92 Å². The molecule has 0 spiro atoms. The zero-order valence-corrected chi connectivity index (χ0v) is 10.7. The summed E-state index contributed by atoms with van der Waals surface area (Å²) < 4.78 is 0. The van der Waals surface area contributed by atoms with Crippen LogP contribution in [0.1, 0.15) is 46.5 Å². The monoisotopic (exact) mass is 242 g/mol. The molecule has 0 aromatic rings. The summed E-state index contributed by atoms with van der Waals surface area (Å²) in [5.74, 6) is -0.898. The van der Waals surface area contributed by atoms with Crippen LogP contribution in [0.3, 0.4) is 0 Å². The normalized spacial score (nSPS) is 20.2. The van der Waals surface area contributed by atoms with Gasteiger partial charge in [-0.15, -0.1) is 0 Å². The van der Waals surface area contributed by atoms with Gasteiger partial charge in [0.15, 0.2) is 0 Å². The van der Waals surface area contributed by atoms with Crippen molar-refractivity contribution in [3.63, 3.8) is 0 Å². The lowest BCUT2D eigenvalue weighted by atomic mass is 9.96. The van der Waals surface area contributed by atoms with E-state index in [1.165, 1.54) is 0 Å². The Labute approximate surface area is 102 Å². The van der Waals surface area contributed by atoms with Crippen LogP contribution in [0.4, 0.5) is 4.79 Å². The van der Waals surface area contributed by atoms with Crippen LogP contribution in [0.2, 0.25) is 0 Å². The van der Waals surface area contributed by atoms with E-state index in [1.807, 2.05) is 13.8 Å². The molecular weight excluding hydrogens is 220 g/mol. The lowest BCUT2D eigenvalue weighted by Gasteiger charge is -2.27. The topological polar surface area (TPSA) is 78.4 Å². The lowest BCUT2D eigenvalue weighted by molar-refractivity contribution is -0.144. The maximum absolute atomic E-state index is 11.7. The van der Waals surface area contributed by atoms with Gasteiger partial charge in [-0.2, -0.15) is 0 Å². The second-order valence-electron chi connectivity index (χ2n) is 5.07. The summed E-state index contributed by atoms with van der Waals surface area (Å²) in [6.45, 7) is 5.54. The number of amides is 2. The highest BCUT2D eigenvalue weighted by atomic mass is 16.4. The first-order valence-corrected chi connectivity index (χ1v) is 6.22. The predicted molar refractivity (Wildman–Crippen MR) is 64.8 cm³/mol. The van der Waals surface area contributed by atoms with Gasteiger partial charge < -0.3 is 15.7 Å². The Morgan fingerprint density at radius 1 is 1.47 bits per heavy atom.